The third kappa shape index (κ3) is 5.57. The fourth-order valence-electron chi connectivity index (χ4n) is 2.01. The third-order valence-corrected chi connectivity index (χ3v) is 4.83. The molecule has 0 fully saturated rings. The summed E-state index contributed by atoms with van der Waals surface area (Å²) >= 11 is 0. The Bertz CT molecular complexity index is 944. The minimum atomic E-state index is -4.44. The van der Waals surface area contributed by atoms with Crippen LogP contribution in [-0.2, 0) is 27.5 Å². The van der Waals surface area contributed by atoms with Crippen LogP contribution in [0, 0.1) is 12.3 Å². The molecule has 2 aromatic rings. The number of carbonyl (C=O) groups is 1. The molecule has 0 atom stereocenters. The standard InChI is InChI=1S/C18H14F3NO4S/c1-2-11-22-27(24,25)16-9-5-14(6-10-16)17(23)26-12-13-3-7-15(8-4-13)18(19,20)21/h1,3-10,22H,11-12H2. The largest absolute Gasteiger partial charge is 0.457 e. The van der Waals surface area contributed by atoms with Gasteiger partial charge in [-0.15, -0.1) is 6.42 Å². The molecule has 0 aliphatic heterocycles. The summed E-state index contributed by atoms with van der Waals surface area (Å²) in [6, 6.07) is 9.17. The fraction of sp³-hybridized carbons (Fsp3) is 0.167. The topological polar surface area (TPSA) is 72.5 Å². The fourth-order valence-corrected chi connectivity index (χ4v) is 2.95. The molecule has 9 heteroatoms. The van der Waals surface area contributed by atoms with Crippen LogP contribution < -0.4 is 4.72 Å². The molecule has 0 heterocycles. The van der Waals surface area contributed by atoms with E-state index in [0.29, 0.717) is 5.56 Å². The Morgan fingerprint density at radius 1 is 1.07 bits per heavy atom. The number of alkyl halides is 3. The predicted molar refractivity (Wildman–Crippen MR) is 91.0 cm³/mol. The highest BCUT2D eigenvalue weighted by Crippen LogP contribution is 2.29. The number of halogens is 3. The average molecular weight is 397 g/mol. The van der Waals surface area contributed by atoms with Crippen molar-refractivity contribution in [2.24, 2.45) is 0 Å². The molecule has 27 heavy (non-hydrogen) atoms. The van der Waals surface area contributed by atoms with E-state index in [1.807, 2.05) is 0 Å². The van der Waals surface area contributed by atoms with Crippen LogP contribution in [0.5, 0.6) is 0 Å². The number of hydrogen-bond acceptors (Lipinski definition) is 4. The van der Waals surface area contributed by atoms with Crippen molar-refractivity contribution in [2.45, 2.75) is 17.7 Å². The van der Waals surface area contributed by atoms with Crippen LogP contribution in [0.25, 0.3) is 0 Å². The van der Waals surface area contributed by atoms with Gasteiger partial charge >= 0.3 is 12.1 Å². The molecule has 2 rings (SSSR count). The Labute approximate surface area is 154 Å². The Hall–Kier alpha value is -2.83. The third-order valence-electron chi connectivity index (χ3n) is 3.42. The number of hydrogen-bond donors (Lipinski definition) is 1. The van der Waals surface area contributed by atoms with E-state index in [4.69, 9.17) is 11.2 Å². The maximum absolute atomic E-state index is 12.5. The smallest absolute Gasteiger partial charge is 0.416 e. The van der Waals surface area contributed by atoms with Crippen molar-refractivity contribution in [3.8, 4) is 12.3 Å². The lowest BCUT2D eigenvalue weighted by Crippen LogP contribution is -2.23. The summed E-state index contributed by atoms with van der Waals surface area (Å²) in [6.07, 6.45) is 0.556. The van der Waals surface area contributed by atoms with Gasteiger partial charge in [-0.25, -0.2) is 13.2 Å². The Kier molecular flexibility index (Phi) is 6.25. The zero-order chi connectivity index (χ0) is 20.1. The van der Waals surface area contributed by atoms with Crippen molar-refractivity contribution >= 4 is 16.0 Å². The van der Waals surface area contributed by atoms with Gasteiger partial charge in [0, 0.05) is 0 Å². The van der Waals surface area contributed by atoms with Gasteiger partial charge in [0.15, 0.2) is 0 Å². The van der Waals surface area contributed by atoms with E-state index in [0.717, 1.165) is 12.1 Å². The second-order valence-corrected chi connectivity index (χ2v) is 7.09. The molecule has 0 saturated heterocycles. The van der Waals surface area contributed by atoms with E-state index in [1.165, 1.54) is 36.4 Å². The van der Waals surface area contributed by atoms with Crippen LogP contribution in [-0.4, -0.2) is 20.9 Å². The van der Waals surface area contributed by atoms with Crippen molar-refractivity contribution in [2.75, 3.05) is 6.54 Å². The van der Waals surface area contributed by atoms with Crippen molar-refractivity contribution in [1.82, 2.24) is 4.72 Å². The van der Waals surface area contributed by atoms with E-state index in [2.05, 4.69) is 10.6 Å². The molecule has 0 aliphatic carbocycles. The van der Waals surface area contributed by atoms with Gasteiger partial charge in [0.05, 0.1) is 22.6 Å². The molecule has 0 unspecified atom stereocenters. The highest BCUT2D eigenvalue weighted by molar-refractivity contribution is 7.89. The van der Waals surface area contributed by atoms with Gasteiger partial charge in [-0.1, -0.05) is 18.1 Å². The van der Waals surface area contributed by atoms with E-state index < -0.39 is 27.7 Å². The minimum absolute atomic E-state index is 0.0722. The van der Waals surface area contributed by atoms with Crippen molar-refractivity contribution in [3.63, 3.8) is 0 Å². The zero-order valence-corrected chi connectivity index (χ0v) is 14.6. The molecule has 0 aliphatic rings. The first-order valence-corrected chi connectivity index (χ1v) is 8.98. The predicted octanol–water partition coefficient (Wildman–Crippen LogP) is 2.97. The summed E-state index contributed by atoms with van der Waals surface area (Å²) in [4.78, 5) is 11.9. The summed E-state index contributed by atoms with van der Waals surface area (Å²) in [5.74, 6) is 1.40. The first-order chi connectivity index (χ1) is 12.6. The van der Waals surface area contributed by atoms with Crippen molar-refractivity contribution in [1.29, 1.82) is 0 Å². The lowest BCUT2D eigenvalue weighted by molar-refractivity contribution is -0.137. The summed E-state index contributed by atoms with van der Waals surface area (Å²) in [7, 11) is -3.77. The number of terminal acetylenes is 1. The number of esters is 1. The zero-order valence-electron chi connectivity index (χ0n) is 13.8. The van der Waals surface area contributed by atoms with E-state index in [1.54, 1.807) is 0 Å². The van der Waals surface area contributed by atoms with Gasteiger partial charge < -0.3 is 4.74 Å². The molecule has 0 radical (unpaired) electrons. The lowest BCUT2D eigenvalue weighted by Gasteiger charge is -2.09. The van der Waals surface area contributed by atoms with Gasteiger partial charge in [-0.2, -0.15) is 17.9 Å². The number of ether oxygens (including phenoxy) is 1. The average Bonchev–Trinajstić information content (AvgIpc) is 2.64. The quantitative estimate of drug-likeness (QED) is 0.601. The molecule has 0 amide bonds. The SMILES string of the molecule is C#CCNS(=O)(=O)c1ccc(C(=O)OCc2ccc(C(F)(F)F)cc2)cc1. The first kappa shape index (κ1) is 20.5. The Morgan fingerprint density at radius 3 is 2.19 bits per heavy atom. The van der Waals surface area contributed by atoms with Gasteiger partial charge in [-0.3, -0.25) is 0 Å². The number of carbonyl (C=O) groups excluding carboxylic acids is 1. The molecule has 0 spiro atoms. The highest BCUT2D eigenvalue weighted by Gasteiger charge is 2.29. The molecular formula is C18H14F3NO4S. The summed E-state index contributed by atoms with van der Waals surface area (Å²) < 4.78 is 68.4. The van der Waals surface area contributed by atoms with Gasteiger partial charge in [0.1, 0.15) is 6.61 Å². The summed E-state index contributed by atoms with van der Waals surface area (Å²) in [5, 5.41) is 0. The molecule has 142 valence electrons. The molecule has 5 nitrogen and oxygen atoms in total. The molecular weight excluding hydrogens is 383 g/mol. The number of nitrogens with one attached hydrogen (secondary N) is 1. The lowest BCUT2D eigenvalue weighted by atomic mass is 10.1. The monoisotopic (exact) mass is 397 g/mol. The maximum atomic E-state index is 12.5. The normalized spacial score (nSPS) is 11.6. The summed E-state index contributed by atoms with van der Waals surface area (Å²) in [6.45, 7) is -0.389. The van der Waals surface area contributed by atoms with Crippen LogP contribution in [0.1, 0.15) is 21.5 Å². The highest BCUT2D eigenvalue weighted by atomic mass is 32.2. The van der Waals surface area contributed by atoms with Crippen molar-refractivity contribution < 1.29 is 31.1 Å². The van der Waals surface area contributed by atoms with E-state index >= 15 is 0 Å². The second kappa shape index (κ2) is 8.24. The van der Waals surface area contributed by atoms with Crippen LogP contribution in [0.4, 0.5) is 13.2 Å². The van der Waals surface area contributed by atoms with Crippen molar-refractivity contribution in [3.05, 3.63) is 65.2 Å². The van der Waals surface area contributed by atoms with Crippen LogP contribution in [0.2, 0.25) is 0 Å². The van der Waals surface area contributed by atoms with Crippen LogP contribution in [0.3, 0.4) is 0 Å². The minimum Gasteiger partial charge on any atom is -0.457 e. The van der Waals surface area contributed by atoms with E-state index in [9.17, 15) is 26.4 Å². The molecule has 0 aromatic heterocycles. The van der Waals surface area contributed by atoms with Crippen LogP contribution >= 0.6 is 0 Å². The Morgan fingerprint density at radius 2 is 1.67 bits per heavy atom. The van der Waals surface area contributed by atoms with E-state index in [-0.39, 0.29) is 23.6 Å². The molecule has 0 bridgehead atoms. The second-order valence-electron chi connectivity index (χ2n) is 5.32. The number of rotatable bonds is 6. The Balaban J connectivity index is 1.99. The molecule has 1 N–H and O–H groups in total. The summed E-state index contributed by atoms with van der Waals surface area (Å²) in [5.41, 5.74) is -0.320. The van der Waals surface area contributed by atoms with Gasteiger partial charge in [-0.05, 0) is 42.0 Å². The first-order valence-electron chi connectivity index (χ1n) is 7.50. The molecule has 0 saturated carbocycles. The van der Waals surface area contributed by atoms with Gasteiger partial charge in [0.25, 0.3) is 0 Å². The maximum Gasteiger partial charge on any atom is 0.416 e. The molecule has 2 aromatic carbocycles. The number of benzene rings is 2. The van der Waals surface area contributed by atoms with Gasteiger partial charge in [0.2, 0.25) is 10.0 Å². The number of sulfonamides is 1. The van der Waals surface area contributed by atoms with Crippen LogP contribution in [0.15, 0.2) is 53.4 Å².